The van der Waals surface area contributed by atoms with Crippen molar-refractivity contribution >= 4 is 40.5 Å². The molecule has 0 saturated heterocycles. The maximum atomic E-state index is 11.9. The fourth-order valence-electron chi connectivity index (χ4n) is 1.91. The summed E-state index contributed by atoms with van der Waals surface area (Å²) in [6, 6.07) is 13.9. The van der Waals surface area contributed by atoms with Crippen molar-refractivity contribution in [1.29, 1.82) is 5.26 Å². The summed E-state index contributed by atoms with van der Waals surface area (Å²) in [5, 5.41) is 14.9. The lowest BCUT2D eigenvalue weighted by molar-refractivity contribution is -0.121. The second-order valence-electron chi connectivity index (χ2n) is 4.89. The van der Waals surface area contributed by atoms with Crippen molar-refractivity contribution in [2.24, 2.45) is 0 Å². The molecule has 0 unspecified atom stereocenters. The molecule has 0 bridgehead atoms. The van der Waals surface area contributed by atoms with Crippen LogP contribution in [0, 0.1) is 18.3 Å². The van der Waals surface area contributed by atoms with Crippen LogP contribution in [0.3, 0.4) is 0 Å². The van der Waals surface area contributed by atoms with E-state index in [1.807, 2.05) is 13.0 Å². The largest absolute Gasteiger partial charge is 0.483 e. The number of nitrogens with zero attached hydrogens (tertiary/aromatic N) is 1. The van der Waals surface area contributed by atoms with Crippen LogP contribution in [0.1, 0.15) is 11.1 Å². The quantitative estimate of drug-likeness (QED) is 0.818. The lowest BCUT2D eigenvalue weighted by Gasteiger charge is -2.11. The van der Waals surface area contributed by atoms with E-state index in [2.05, 4.69) is 10.6 Å². The van der Waals surface area contributed by atoms with Gasteiger partial charge in [-0.05, 0) is 61.1 Å². The number of hydrogen-bond donors (Lipinski definition) is 2. The number of carbonyl (C=O) groups is 1. The van der Waals surface area contributed by atoms with Crippen molar-refractivity contribution in [3.8, 4) is 11.8 Å². The Kier molecular flexibility index (Phi) is 6.13. The lowest BCUT2D eigenvalue weighted by atomic mass is 10.2. The Labute approximate surface area is 150 Å². The Balaban J connectivity index is 1.85. The Bertz CT molecular complexity index is 818. The van der Waals surface area contributed by atoms with Gasteiger partial charge in [0.2, 0.25) is 0 Å². The highest BCUT2D eigenvalue weighted by molar-refractivity contribution is 7.80. The van der Waals surface area contributed by atoms with E-state index in [4.69, 9.17) is 33.8 Å². The highest BCUT2D eigenvalue weighted by atomic mass is 35.5. The summed E-state index contributed by atoms with van der Waals surface area (Å²) in [7, 11) is 0. The molecule has 2 N–H and O–H groups in total. The Morgan fingerprint density at radius 3 is 2.83 bits per heavy atom. The van der Waals surface area contributed by atoms with Gasteiger partial charge in [0.05, 0.1) is 11.6 Å². The summed E-state index contributed by atoms with van der Waals surface area (Å²) >= 11 is 10.9. The average molecular weight is 360 g/mol. The molecule has 0 aliphatic rings. The maximum absolute atomic E-state index is 11.9. The number of halogens is 1. The minimum Gasteiger partial charge on any atom is -0.483 e. The Morgan fingerprint density at radius 2 is 2.12 bits per heavy atom. The number of benzene rings is 2. The van der Waals surface area contributed by atoms with Crippen LogP contribution in [0.2, 0.25) is 5.02 Å². The minimum atomic E-state index is -0.390. The van der Waals surface area contributed by atoms with Crippen LogP contribution in [-0.4, -0.2) is 17.6 Å². The van der Waals surface area contributed by atoms with Gasteiger partial charge in [0.25, 0.3) is 5.91 Å². The number of aryl methyl sites for hydroxylation is 1. The van der Waals surface area contributed by atoms with Crippen molar-refractivity contribution in [1.82, 2.24) is 5.32 Å². The Hall–Kier alpha value is -2.62. The van der Waals surface area contributed by atoms with E-state index in [1.54, 1.807) is 42.5 Å². The molecule has 2 aromatic rings. The minimum absolute atomic E-state index is 0.131. The van der Waals surface area contributed by atoms with E-state index in [-0.39, 0.29) is 11.7 Å². The first-order chi connectivity index (χ1) is 11.5. The molecule has 0 saturated carbocycles. The Morgan fingerprint density at radius 1 is 1.33 bits per heavy atom. The molecule has 0 aliphatic heterocycles. The third kappa shape index (κ3) is 5.23. The fraction of sp³-hybridized carbons (Fsp3) is 0.118. The maximum Gasteiger partial charge on any atom is 0.264 e. The van der Waals surface area contributed by atoms with Gasteiger partial charge >= 0.3 is 0 Å². The molecule has 1 amide bonds. The number of carbonyl (C=O) groups excluding carboxylic acids is 1. The van der Waals surface area contributed by atoms with E-state index in [9.17, 15) is 4.79 Å². The number of hydrogen-bond acceptors (Lipinski definition) is 4. The first kappa shape index (κ1) is 17.7. The van der Waals surface area contributed by atoms with E-state index in [0.29, 0.717) is 22.0 Å². The molecule has 2 rings (SSSR count). The topological polar surface area (TPSA) is 74.2 Å². The van der Waals surface area contributed by atoms with Gasteiger partial charge in [-0.25, -0.2) is 0 Å². The molecule has 0 radical (unpaired) electrons. The predicted molar refractivity (Wildman–Crippen MR) is 97.2 cm³/mol. The first-order valence-electron chi connectivity index (χ1n) is 6.98. The van der Waals surface area contributed by atoms with Gasteiger partial charge < -0.3 is 10.1 Å². The third-order valence-electron chi connectivity index (χ3n) is 3.00. The molecule has 0 spiro atoms. The second kappa shape index (κ2) is 8.29. The van der Waals surface area contributed by atoms with Crippen LogP contribution in [0.15, 0.2) is 42.5 Å². The van der Waals surface area contributed by atoms with Gasteiger partial charge in [-0.1, -0.05) is 17.7 Å². The van der Waals surface area contributed by atoms with Crippen LogP contribution in [0.4, 0.5) is 5.69 Å². The molecule has 5 nitrogen and oxygen atoms in total. The molecule has 0 aliphatic carbocycles. The number of rotatable bonds is 4. The molecule has 0 aromatic heterocycles. The van der Waals surface area contributed by atoms with Crippen LogP contribution in [0.5, 0.6) is 5.75 Å². The van der Waals surface area contributed by atoms with Crippen LogP contribution in [-0.2, 0) is 4.79 Å². The number of ether oxygens (including phenoxy) is 1. The second-order valence-corrected chi connectivity index (χ2v) is 5.74. The van der Waals surface area contributed by atoms with Gasteiger partial charge in [0, 0.05) is 10.7 Å². The highest BCUT2D eigenvalue weighted by Gasteiger charge is 2.08. The normalized spacial score (nSPS) is 9.71. The van der Waals surface area contributed by atoms with Gasteiger partial charge in [0.1, 0.15) is 5.75 Å². The van der Waals surface area contributed by atoms with Crippen LogP contribution >= 0.6 is 23.8 Å². The van der Waals surface area contributed by atoms with E-state index in [1.165, 1.54) is 0 Å². The molecular formula is C17H14ClN3O2S. The standard InChI is InChI=1S/C17H14ClN3O2S/c1-11-7-13(18)5-6-15(11)23-10-16(22)21-17(24)20-14-4-2-3-12(8-14)9-19/h2-8H,10H2,1H3,(H2,20,21,22,24). The van der Waals surface area contributed by atoms with Gasteiger partial charge in [-0.15, -0.1) is 0 Å². The zero-order valence-corrected chi connectivity index (χ0v) is 14.4. The first-order valence-corrected chi connectivity index (χ1v) is 7.76. The van der Waals surface area contributed by atoms with Crippen molar-refractivity contribution in [3.63, 3.8) is 0 Å². The fourth-order valence-corrected chi connectivity index (χ4v) is 2.37. The van der Waals surface area contributed by atoms with Crippen molar-refractivity contribution in [3.05, 3.63) is 58.6 Å². The van der Waals surface area contributed by atoms with Gasteiger partial charge in [-0.3, -0.25) is 10.1 Å². The summed E-state index contributed by atoms with van der Waals surface area (Å²) in [4.78, 5) is 11.9. The molecule has 122 valence electrons. The summed E-state index contributed by atoms with van der Waals surface area (Å²) in [6.07, 6.45) is 0. The smallest absolute Gasteiger partial charge is 0.264 e. The van der Waals surface area contributed by atoms with Gasteiger partial charge in [-0.2, -0.15) is 5.26 Å². The number of nitriles is 1. The summed E-state index contributed by atoms with van der Waals surface area (Å²) in [6.45, 7) is 1.66. The van der Waals surface area contributed by atoms with Crippen molar-refractivity contribution in [2.75, 3.05) is 11.9 Å². The average Bonchev–Trinajstić information content (AvgIpc) is 2.54. The molecule has 24 heavy (non-hydrogen) atoms. The number of nitrogens with one attached hydrogen (secondary N) is 2. The zero-order valence-electron chi connectivity index (χ0n) is 12.8. The summed E-state index contributed by atoms with van der Waals surface area (Å²) in [5.74, 6) is 0.188. The summed E-state index contributed by atoms with van der Waals surface area (Å²) in [5.41, 5.74) is 1.95. The SMILES string of the molecule is Cc1cc(Cl)ccc1OCC(=O)NC(=S)Nc1cccc(C#N)c1. The number of anilines is 1. The van der Waals surface area contributed by atoms with E-state index < -0.39 is 5.91 Å². The third-order valence-corrected chi connectivity index (χ3v) is 3.44. The monoisotopic (exact) mass is 359 g/mol. The molecule has 0 heterocycles. The van der Waals surface area contributed by atoms with Crippen molar-refractivity contribution in [2.45, 2.75) is 6.92 Å². The predicted octanol–water partition coefficient (Wildman–Crippen LogP) is 3.41. The van der Waals surface area contributed by atoms with Gasteiger partial charge in [0.15, 0.2) is 11.7 Å². The molecule has 0 atom stereocenters. The van der Waals surface area contributed by atoms with Crippen molar-refractivity contribution < 1.29 is 9.53 Å². The number of thiocarbonyl (C=S) groups is 1. The molecule has 0 fully saturated rings. The number of amides is 1. The highest BCUT2D eigenvalue weighted by Crippen LogP contribution is 2.21. The summed E-state index contributed by atoms with van der Waals surface area (Å²) < 4.78 is 5.44. The zero-order chi connectivity index (χ0) is 17.5. The van der Waals surface area contributed by atoms with Crippen LogP contribution < -0.4 is 15.4 Å². The molecule has 2 aromatic carbocycles. The molecule has 7 heteroatoms. The molecular weight excluding hydrogens is 346 g/mol. The van der Waals surface area contributed by atoms with E-state index in [0.717, 1.165) is 5.56 Å². The lowest BCUT2D eigenvalue weighted by Crippen LogP contribution is -2.37. The van der Waals surface area contributed by atoms with E-state index >= 15 is 0 Å². The van der Waals surface area contributed by atoms with Crippen LogP contribution in [0.25, 0.3) is 0 Å².